The van der Waals surface area contributed by atoms with Crippen LogP contribution < -0.4 is 5.32 Å². The molecule has 1 aromatic heterocycles. The molecule has 4 nitrogen and oxygen atoms in total. The van der Waals surface area contributed by atoms with Gasteiger partial charge >= 0.3 is 0 Å². The minimum atomic E-state index is -0.398. The van der Waals surface area contributed by atoms with E-state index in [4.69, 9.17) is 11.6 Å². The fraction of sp³-hybridized carbons (Fsp3) is 0.385. The molecule has 0 fully saturated rings. The topological polar surface area (TPSA) is 53.6 Å². The molecule has 0 amide bonds. The van der Waals surface area contributed by atoms with Crippen molar-refractivity contribution in [3.63, 3.8) is 0 Å². The Bertz CT molecular complexity index is 515. The summed E-state index contributed by atoms with van der Waals surface area (Å²) in [7, 11) is 0. The van der Waals surface area contributed by atoms with E-state index >= 15 is 0 Å². The van der Waals surface area contributed by atoms with E-state index in [1.807, 2.05) is 0 Å². The Labute approximate surface area is 116 Å². The molecule has 2 N–H and O–H groups in total. The maximum Gasteiger partial charge on any atom is 0.141 e. The van der Waals surface area contributed by atoms with Crippen LogP contribution in [0.25, 0.3) is 0 Å². The van der Waals surface area contributed by atoms with Gasteiger partial charge in [0.25, 0.3) is 0 Å². The van der Waals surface area contributed by atoms with E-state index in [0.717, 1.165) is 24.2 Å². The standard InChI is InChI=1S/C13H16ClFN4/c1-2-5-16-12(13-8-17-19-18-13)7-9-3-4-11(15)10(14)6-9/h3-4,6,8,12,16H,2,5,7H2,1H3,(H,17,18,19). The number of rotatable bonds is 6. The van der Waals surface area contributed by atoms with E-state index < -0.39 is 5.82 Å². The van der Waals surface area contributed by atoms with Gasteiger partial charge in [0.1, 0.15) is 5.82 Å². The Kier molecular flexibility index (Phi) is 4.87. The van der Waals surface area contributed by atoms with Gasteiger partial charge in [-0.15, -0.1) is 0 Å². The van der Waals surface area contributed by atoms with Crippen LogP contribution in [0.1, 0.15) is 30.6 Å². The molecular weight excluding hydrogens is 267 g/mol. The predicted octanol–water partition coefficient (Wildman–Crippen LogP) is 2.88. The first-order valence-corrected chi connectivity index (χ1v) is 6.61. The number of benzene rings is 1. The van der Waals surface area contributed by atoms with Crippen LogP contribution in [0.5, 0.6) is 0 Å². The van der Waals surface area contributed by atoms with Gasteiger partial charge in [0.05, 0.1) is 23.0 Å². The fourth-order valence-corrected chi connectivity index (χ4v) is 2.08. The van der Waals surface area contributed by atoms with Gasteiger partial charge in [0.15, 0.2) is 0 Å². The number of H-pyrrole nitrogens is 1. The largest absolute Gasteiger partial charge is 0.308 e. The smallest absolute Gasteiger partial charge is 0.141 e. The van der Waals surface area contributed by atoms with Crippen LogP contribution in [-0.2, 0) is 6.42 Å². The minimum Gasteiger partial charge on any atom is -0.308 e. The van der Waals surface area contributed by atoms with Gasteiger partial charge in [-0.1, -0.05) is 24.6 Å². The lowest BCUT2D eigenvalue weighted by molar-refractivity contribution is 0.516. The van der Waals surface area contributed by atoms with Crippen molar-refractivity contribution in [2.45, 2.75) is 25.8 Å². The second-order valence-electron chi connectivity index (χ2n) is 4.35. The van der Waals surface area contributed by atoms with Crippen molar-refractivity contribution < 1.29 is 4.39 Å². The normalized spacial score (nSPS) is 12.6. The van der Waals surface area contributed by atoms with E-state index in [1.165, 1.54) is 6.07 Å². The Morgan fingerprint density at radius 1 is 1.47 bits per heavy atom. The molecule has 102 valence electrons. The average Bonchev–Trinajstić information content (AvgIpc) is 2.92. The molecule has 1 unspecified atom stereocenters. The number of aromatic amines is 1. The van der Waals surface area contributed by atoms with Crippen LogP contribution in [0.2, 0.25) is 5.02 Å². The van der Waals surface area contributed by atoms with Crippen molar-refractivity contribution in [3.8, 4) is 0 Å². The number of nitrogens with one attached hydrogen (secondary N) is 2. The second kappa shape index (κ2) is 6.63. The van der Waals surface area contributed by atoms with Gasteiger partial charge in [-0.3, -0.25) is 0 Å². The first-order valence-electron chi connectivity index (χ1n) is 6.23. The molecule has 19 heavy (non-hydrogen) atoms. The van der Waals surface area contributed by atoms with Gasteiger partial charge in [-0.05, 0) is 37.1 Å². The highest BCUT2D eigenvalue weighted by atomic mass is 35.5. The molecule has 0 bridgehead atoms. The summed E-state index contributed by atoms with van der Waals surface area (Å²) >= 11 is 5.80. The summed E-state index contributed by atoms with van der Waals surface area (Å²) in [6.45, 7) is 2.98. The molecule has 2 rings (SSSR count). The van der Waals surface area contributed by atoms with Crippen LogP contribution in [0.4, 0.5) is 4.39 Å². The molecule has 0 saturated heterocycles. The highest BCUT2D eigenvalue weighted by Gasteiger charge is 2.15. The van der Waals surface area contributed by atoms with Gasteiger partial charge in [0.2, 0.25) is 0 Å². The van der Waals surface area contributed by atoms with Crippen molar-refractivity contribution in [3.05, 3.63) is 46.5 Å². The zero-order valence-electron chi connectivity index (χ0n) is 10.7. The molecule has 6 heteroatoms. The molecule has 0 aliphatic rings. The number of halogens is 2. The zero-order chi connectivity index (χ0) is 13.7. The number of hydrogen-bond donors (Lipinski definition) is 2. The van der Waals surface area contributed by atoms with Crippen molar-refractivity contribution in [2.75, 3.05) is 6.54 Å². The van der Waals surface area contributed by atoms with Crippen molar-refractivity contribution in [1.29, 1.82) is 0 Å². The third-order valence-corrected chi connectivity index (χ3v) is 3.14. The van der Waals surface area contributed by atoms with E-state index in [9.17, 15) is 4.39 Å². The summed E-state index contributed by atoms with van der Waals surface area (Å²) in [5, 5.41) is 14.1. The minimum absolute atomic E-state index is 0.0419. The summed E-state index contributed by atoms with van der Waals surface area (Å²) in [5.41, 5.74) is 1.80. The third-order valence-electron chi connectivity index (χ3n) is 2.86. The summed E-state index contributed by atoms with van der Waals surface area (Å²) in [4.78, 5) is 0. The van der Waals surface area contributed by atoms with Crippen LogP contribution in [0.3, 0.4) is 0 Å². The number of nitrogens with zero attached hydrogens (tertiary/aromatic N) is 2. The Morgan fingerprint density at radius 2 is 2.32 bits per heavy atom. The zero-order valence-corrected chi connectivity index (χ0v) is 11.4. The Balaban J connectivity index is 2.13. The molecule has 1 aromatic carbocycles. The number of hydrogen-bond acceptors (Lipinski definition) is 3. The molecule has 1 atom stereocenters. The molecule has 0 radical (unpaired) electrons. The van der Waals surface area contributed by atoms with Gasteiger partial charge in [-0.25, -0.2) is 4.39 Å². The van der Waals surface area contributed by atoms with Crippen LogP contribution in [0.15, 0.2) is 24.4 Å². The second-order valence-corrected chi connectivity index (χ2v) is 4.76. The highest BCUT2D eigenvalue weighted by molar-refractivity contribution is 6.30. The van der Waals surface area contributed by atoms with E-state index in [-0.39, 0.29) is 11.1 Å². The van der Waals surface area contributed by atoms with Gasteiger partial charge < -0.3 is 5.32 Å². The third kappa shape index (κ3) is 3.75. The molecular formula is C13H16ClFN4. The van der Waals surface area contributed by atoms with E-state index in [2.05, 4.69) is 27.7 Å². The maximum absolute atomic E-state index is 13.1. The van der Waals surface area contributed by atoms with E-state index in [1.54, 1.807) is 18.3 Å². The van der Waals surface area contributed by atoms with E-state index in [0.29, 0.717) is 6.42 Å². The average molecular weight is 283 g/mol. The summed E-state index contributed by atoms with van der Waals surface area (Å²) in [6.07, 6.45) is 3.41. The quantitative estimate of drug-likeness (QED) is 0.856. The fourth-order valence-electron chi connectivity index (χ4n) is 1.88. The summed E-state index contributed by atoms with van der Waals surface area (Å²) < 4.78 is 13.1. The Hall–Kier alpha value is -1.46. The predicted molar refractivity (Wildman–Crippen MR) is 72.5 cm³/mol. The summed E-state index contributed by atoms with van der Waals surface area (Å²) in [6, 6.07) is 4.82. The maximum atomic E-state index is 13.1. The van der Waals surface area contributed by atoms with Crippen LogP contribution >= 0.6 is 11.6 Å². The van der Waals surface area contributed by atoms with Crippen LogP contribution in [-0.4, -0.2) is 22.0 Å². The lowest BCUT2D eigenvalue weighted by atomic mass is 10.0. The Morgan fingerprint density at radius 3 is 2.95 bits per heavy atom. The first-order chi connectivity index (χ1) is 9.20. The van der Waals surface area contributed by atoms with Crippen molar-refractivity contribution >= 4 is 11.6 Å². The lowest BCUT2D eigenvalue weighted by Crippen LogP contribution is -2.24. The molecule has 0 aliphatic carbocycles. The number of aromatic nitrogens is 3. The molecule has 2 aromatic rings. The van der Waals surface area contributed by atoms with Crippen molar-refractivity contribution in [1.82, 2.24) is 20.7 Å². The highest BCUT2D eigenvalue weighted by Crippen LogP contribution is 2.21. The van der Waals surface area contributed by atoms with Crippen molar-refractivity contribution in [2.24, 2.45) is 0 Å². The molecule has 0 spiro atoms. The monoisotopic (exact) mass is 282 g/mol. The van der Waals surface area contributed by atoms with Crippen LogP contribution in [0, 0.1) is 5.82 Å². The summed E-state index contributed by atoms with van der Waals surface area (Å²) in [5.74, 6) is -0.398. The van der Waals surface area contributed by atoms with Gasteiger partial charge in [-0.2, -0.15) is 15.4 Å². The first kappa shape index (κ1) is 14.0. The molecule has 0 aliphatic heterocycles. The molecule has 0 saturated carbocycles. The van der Waals surface area contributed by atoms with Gasteiger partial charge in [0, 0.05) is 0 Å². The SMILES string of the molecule is CCCNC(Cc1ccc(F)c(Cl)c1)c1cn[nH]n1. The lowest BCUT2D eigenvalue weighted by Gasteiger charge is -2.16. The molecule has 1 heterocycles.